The number of aromatic hydroxyl groups is 2. The average Bonchev–Trinajstić information content (AvgIpc) is 0.776. The Morgan fingerprint density at radius 1 is 0.307 bits per heavy atom. The van der Waals surface area contributed by atoms with Crippen LogP contribution in [0.5, 0.6) is 11.5 Å². The Balaban J connectivity index is 0.000000163. The van der Waals surface area contributed by atoms with Crippen LogP contribution in [0, 0.1) is 85.0 Å². The summed E-state index contributed by atoms with van der Waals surface area (Å²) in [7, 11) is 0. The van der Waals surface area contributed by atoms with Crippen LogP contribution >= 0.6 is 0 Å². The van der Waals surface area contributed by atoms with Crippen LogP contribution in [-0.4, -0.2) is 32.4 Å². The molecule has 5 aliphatic carbocycles. The molecule has 0 aliphatic heterocycles. The fraction of sp³-hybridized carbons (Fsp3) is 0.438. The number of phenols is 2. The zero-order valence-electron chi connectivity index (χ0n) is 81.3. The molecule has 0 amide bonds. The van der Waals surface area contributed by atoms with E-state index in [1.807, 2.05) is 31.2 Å². The monoisotopic (exact) mass is 1700 g/mol. The van der Waals surface area contributed by atoms with Gasteiger partial charge in [-0.05, 0) is 347 Å². The molecule has 0 fully saturated rings. The molecule has 6 heteroatoms. The number of hydrogen-bond donors (Lipinski definition) is 4. The van der Waals surface area contributed by atoms with Crippen molar-refractivity contribution in [3.8, 4) is 11.5 Å². The Kier molecular flexibility index (Phi) is 34.2. The number of carboxylic acid groups (broad SMARTS) is 2. The first-order valence-electron chi connectivity index (χ1n) is 47.8. The van der Waals surface area contributed by atoms with Gasteiger partial charge in [-0.25, -0.2) is 0 Å². The molecule has 0 aromatic heterocycles. The van der Waals surface area contributed by atoms with Crippen molar-refractivity contribution >= 4 is 11.9 Å². The minimum atomic E-state index is -0.793. The minimum absolute atomic E-state index is 0.0281. The van der Waals surface area contributed by atoms with E-state index in [9.17, 15) is 30.0 Å². The summed E-state index contributed by atoms with van der Waals surface area (Å²) in [6, 6.07) is 77.0. The van der Waals surface area contributed by atoms with Crippen molar-refractivity contribution < 1.29 is 30.0 Å². The van der Waals surface area contributed by atoms with Crippen molar-refractivity contribution in [1.29, 1.82) is 0 Å². The Morgan fingerprint density at radius 2 is 0.559 bits per heavy atom. The summed E-state index contributed by atoms with van der Waals surface area (Å²) in [5.74, 6) is 2.37. The van der Waals surface area contributed by atoms with E-state index in [-0.39, 0.29) is 56.3 Å². The molecule has 0 saturated heterocycles. The lowest BCUT2D eigenvalue weighted by molar-refractivity contribution is -0.142. The Hall–Kier alpha value is -10.0. The van der Waals surface area contributed by atoms with Gasteiger partial charge >= 0.3 is 11.9 Å². The van der Waals surface area contributed by atoms with Gasteiger partial charge in [0.05, 0.1) is 11.8 Å². The summed E-state index contributed by atoms with van der Waals surface area (Å²) in [4.78, 5) is 23.0. The highest BCUT2D eigenvalue weighted by Crippen LogP contribution is 2.56. The van der Waals surface area contributed by atoms with Crippen LogP contribution in [0.2, 0.25) is 0 Å². The van der Waals surface area contributed by atoms with Crippen LogP contribution in [0.25, 0.3) is 0 Å². The first kappa shape index (κ1) is 99.1. The number of aryl methyl sites for hydroxylation is 13. The van der Waals surface area contributed by atoms with Crippen molar-refractivity contribution in [1.82, 2.24) is 0 Å². The Bertz CT molecular complexity index is 5190. The molecule has 15 rings (SSSR count). The van der Waals surface area contributed by atoms with Crippen LogP contribution in [0.15, 0.2) is 250 Å². The number of carboxylic acids is 2. The van der Waals surface area contributed by atoms with Gasteiger partial charge in [0.15, 0.2) is 0 Å². The lowest BCUT2D eigenvalue weighted by Gasteiger charge is -2.44. The van der Waals surface area contributed by atoms with Crippen LogP contribution in [-0.2, 0) is 68.8 Å². The topological polar surface area (TPSA) is 115 Å². The molecule has 12 atom stereocenters. The van der Waals surface area contributed by atoms with Crippen LogP contribution < -0.4 is 0 Å². The number of benzene rings is 10. The number of rotatable bonds is 21. The zero-order valence-corrected chi connectivity index (χ0v) is 81.3. The standard InChI is InChI=1S/C26H34.C23H28O2.C23H30.C22H26.C21H24O4.C6H12/c1-19(2)8-6-7-9-25-24-15-12-21(4)18-22(24)16-17-26(25,5)23-13-10-20(3)11-14-23;1-15-5-8-19(9-6-15)23(4)12-11-18-13-16(2)7-10-20(18)21(23)14-17(3)22(24)25;1-16(2)14-22-21-11-8-18(4)15-19(21)12-13-23(22,5)20-9-6-17(3)7-10-20;1-5-6-21-20-12-9-17(3)15-18(20)13-14-22(21,4)19-10-7-16(2)8-11-19;1-13(20(24)25)11-19-18-8-7-17(23)12-14(18)9-10-21(19,2)15-3-5-16(22)6-4-15;1-4-5-6(2)3/h6-7,10-15,18-19,25H,8-9,16-17H2,1-5H3;5-10,13,17,21H,11-12,14H2,1-4H3,(H,24,25);6-11,15-16,22H,12-14H2,1-5H3;5,7-12,15,21H,1,6,13-14H2,2-4H3;3-8,12-13,19,22-23H,9-11H2,1-2H3,(H,24,25);4,6H,1,5H2,2-3H3/t25-,26-;17?,21-,23-;22-,23-;21-,22-;13?,19-,21-;/m11111./s1. The normalized spacial score (nSPS) is 22.9. The Labute approximate surface area is 767 Å². The molecule has 0 radical (unpaired) electrons. The minimum Gasteiger partial charge on any atom is -0.508 e. The van der Waals surface area contributed by atoms with Crippen molar-refractivity contribution in [3.63, 3.8) is 0 Å². The summed E-state index contributed by atoms with van der Waals surface area (Å²) in [6.07, 6.45) is 26.9. The quantitative estimate of drug-likeness (QED) is 0.0533. The fourth-order valence-corrected chi connectivity index (χ4v) is 21.6. The third-order valence-corrected chi connectivity index (χ3v) is 29.9. The second-order valence-corrected chi connectivity index (χ2v) is 41.4. The highest BCUT2D eigenvalue weighted by atomic mass is 16.4. The van der Waals surface area contributed by atoms with Crippen molar-refractivity contribution in [2.75, 3.05) is 0 Å². The van der Waals surface area contributed by atoms with E-state index in [1.165, 1.54) is 140 Å². The van der Waals surface area contributed by atoms with Gasteiger partial charge in [-0.1, -0.05) is 347 Å². The molecule has 0 bridgehead atoms. The second-order valence-electron chi connectivity index (χ2n) is 41.4. The highest BCUT2D eigenvalue weighted by Gasteiger charge is 2.47. The molecule has 10 aromatic carbocycles. The van der Waals surface area contributed by atoms with E-state index in [1.54, 1.807) is 53.4 Å². The summed E-state index contributed by atoms with van der Waals surface area (Å²) in [5.41, 5.74) is 32.4. The van der Waals surface area contributed by atoms with Gasteiger partial charge in [-0.3, -0.25) is 9.59 Å². The maximum absolute atomic E-state index is 11.5. The van der Waals surface area contributed by atoms with Crippen LogP contribution in [0.1, 0.15) is 325 Å². The number of aliphatic carboxylic acids is 2. The van der Waals surface area contributed by atoms with E-state index in [2.05, 4.69) is 333 Å². The van der Waals surface area contributed by atoms with Gasteiger partial charge < -0.3 is 20.4 Å². The lowest BCUT2D eigenvalue weighted by atomic mass is 9.59. The zero-order chi connectivity index (χ0) is 92.5. The summed E-state index contributed by atoms with van der Waals surface area (Å²) in [6.45, 7) is 54.1. The molecule has 4 N–H and O–H groups in total. The molecule has 2 unspecified atom stereocenters. The number of carbonyl (C=O) groups is 2. The van der Waals surface area contributed by atoms with E-state index >= 15 is 0 Å². The van der Waals surface area contributed by atoms with Crippen LogP contribution in [0.4, 0.5) is 0 Å². The van der Waals surface area contributed by atoms with E-state index in [0.717, 1.165) is 79.4 Å². The van der Waals surface area contributed by atoms with E-state index in [0.29, 0.717) is 30.6 Å². The molecule has 6 nitrogen and oxygen atoms in total. The molecule has 0 heterocycles. The summed E-state index contributed by atoms with van der Waals surface area (Å²) < 4.78 is 0. The number of hydrogen-bond acceptors (Lipinski definition) is 4. The predicted molar refractivity (Wildman–Crippen MR) is 538 cm³/mol. The molecular formula is C121H154O6. The second kappa shape index (κ2) is 43.8. The van der Waals surface area contributed by atoms with Gasteiger partial charge in [0.25, 0.3) is 0 Å². The SMILES string of the molecule is C=CCC(C)C.C=CC[C@@H]1c2ccc(C)cc2CC[C@]1(C)c1ccc(C)cc1.CC(C[C@@H]1c2ccc(O)cc2CC[C@]1(C)c1ccc(O)cc1)C(=O)O.Cc1ccc([C@@]2(C)CCc3cc(C)ccc3[C@H]2CC(C)C(=O)O)cc1.Cc1ccc([C@@]2(C)CCc3cc(C)ccc3[C@H]2CC(C)C)cc1.Cc1ccc([C@@]2(C)CCc3cc(C)ccc3[C@H]2CC=CCC(C)C)cc1. The number of phenolic OH excluding ortho intramolecular Hbond substituents is 2. The number of fused-ring (bicyclic) bond motifs is 5. The first-order valence-corrected chi connectivity index (χ1v) is 47.8. The largest absolute Gasteiger partial charge is 0.508 e. The summed E-state index contributed by atoms with van der Waals surface area (Å²) in [5, 5.41) is 38.3. The highest BCUT2D eigenvalue weighted by molar-refractivity contribution is 5.70. The molecule has 127 heavy (non-hydrogen) atoms. The molecule has 5 aliphatic rings. The first-order chi connectivity index (χ1) is 60.2. The third kappa shape index (κ3) is 24.5. The maximum Gasteiger partial charge on any atom is 0.306 e. The predicted octanol–water partition coefficient (Wildman–Crippen LogP) is 31.3. The molecule has 0 spiro atoms. The van der Waals surface area contributed by atoms with Gasteiger partial charge in [0.2, 0.25) is 0 Å². The molecule has 674 valence electrons. The van der Waals surface area contributed by atoms with Gasteiger partial charge in [-0.15, -0.1) is 13.2 Å². The van der Waals surface area contributed by atoms with E-state index < -0.39 is 17.9 Å². The average molecular weight is 1700 g/mol. The third-order valence-electron chi connectivity index (χ3n) is 29.9. The van der Waals surface area contributed by atoms with Gasteiger partial charge in [-0.2, -0.15) is 0 Å². The smallest absolute Gasteiger partial charge is 0.306 e. The summed E-state index contributed by atoms with van der Waals surface area (Å²) >= 11 is 0. The molecule has 0 saturated carbocycles. The number of allylic oxidation sites excluding steroid dienone is 4. The van der Waals surface area contributed by atoms with Crippen molar-refractivity contribution in [2.45, 2.75) is 311 Å². The maximum atomic E-state index is 11.5. The Morgan fingerprint density at radius 3 is 0.835 bits per heavy atom. The van der Waals surface area contributed by atoms with E-state index in [4.69, 9.17) is 0 Å². The van der Waals surface area contributed by atoms with Crippen molar-refractivity contribution in [2.24, 2.45) is 29.6 Å². The van der Waals surface area contributed by atoms with Gasteiger partial charge in [0, 0.05) is 0 Å². The fourth-order valence-electron chi connectivity index (χ4n) is 21.6. The van der Waals surface area contributed by atoms with Gasteiger partial charge in [0.1, 0.15) is 11.5 Å². The lowest BCUT2D eigenvalue weighted by Crippen LogP contribution is -2.37. The van der Waals surface area contributed by atoms with Crippen molar-refractivity contribution in [3.05, 3.63) is 378 Å². The molecular weight excluding hydrogens is 1550 g/mol. The van der Waals surface area contributed by atoms with Crippen LogP contribution in [0.3, 0.4) is 0 Å². The molecule has 10 aromatic rings.